The molecule has 0 unspecified atom stereocenters. The second-order valence-corrected chi connectivity index (χ2v) is 6.13. The molecule has 6 heteroatoms. The standard InChI is InChI=1S/C16H25N3O3/c1-3-19-15-13(8-17-19)9-18(10-14(15)11-21-2)16(20)12-4-6-22-7-5-12/h8,12,14H,3-7,9-11H2,1-2H3/t14-/m0/s1. The van der Waals surface area contributed by atoms with Gasteiger partial charge >= 0.3 is 0 Å². The fraction of sp³-hybridized carbons (Fsp3) is 0.750. The van der Waals surface area contributed by atoms with Crippen LogP contribution in [0.1, 0.15) is 36.9 Å². The van der Waals surface area contributed by atoms with E-state index in [2.05, 4.69) is 12.0 Å². The van der Waals surface area contributed by atoms with E-state index >= 15 is 0 Å². The number of rotatable bonds is 4. The Morgan fingerprint density at radius 2 is 2.23 bits per heavy atom. The number of ether oxygens (including phenoxy) is 2. The number of carbonyl (C=O) groups excluding carboxylic acids is 1. The lowest BCUT2D eigenvalue weighted by atomic mass is 9.93. The van der Waals surface area contributed by atoms with Gasteiger partial charge in [-0.3, -0.25) is 9.48 Å². The molecule has 1 aromatic rings. The average Bonchev–Trinajstić information content (AvgIpc) is 2.98. The molecule has 0 radical (unpaired) electrons. The van der Waals surface area contributed by atoms with Crippen LogP contribution in [-0.4, -0.2) is 54.1 Å². The van der Waals surface area contributed by atoms with Crippen molar-refractivity contribution in [3.05, 3.63) is 17.5 Å². The number of hydrogen-bond acceptors (Lipinski definition) is 4. The number of aromatic nitrogens is 2. The Morgan fingerprint density at radius 1 is 1.45 bits per heavy atom. The van der Waals surface area contributed by atoms with Gasteiger partial charge in [-0.25, -0.2) is 0 Å². The summed E-state index contributed by atoms with van der Waals surface area (Å²) >= 11 is 0. The van der Waals surface area contributed by atoms with Crippen LogP contribution in [0.15, 0.2) is 6.20 Å². The minimum atomic E-state index is 0.111. The smallest absolute Gasteiger partial charge is 0.226 e. The second kappa shape index (κ2) is 6.79. The van der Waals surface area contributed by atoms with Crippen molar-refractivity contribution in [2.75, 3.05) is 33.5 Å². The van der Waals surface area contributed by atoms with Gasteiger partial charge in [-0.2, -0.15) is 5.10 Å². The zero-order chi connectivity index (χ0) is 15.5. The lowest BCUT2D eigenvalue weighted by molar-refractivity contribution is -0.140. The van der Waals surface area contributed by atoms with Crippen LogP contribution in [0.5, 0.6) is 0 Å². The van der Waals surface area contributed by atoms with Gasteiger partial charge in [0.25, 0.3) is 0 Å². The summed E-state index contributed by atoms with van der Waals surface area (Å²) in [5, 5.41) is 4.46. The van der Waals surface area contributed by atoms with Crippen molar-refractivity contribution < 1.29 is 14.3 Å². The predicted octanol–water partition coefficient (Wildman–Crippen LogP) is 1.40. The van der Waals surface area contributed by atoms with E-state index in [1.54, 1.807) is 7.11 Å². The second-order valence-electron chi connectivity index (χ2n) is 6.13. The van der Waals surface area contributed by atoms with Gasteiger partial charge in [0.1, 0.15) is 0 Å². The molecule has 3 rings (SSSR count). The number of fused-ring (bicyclic) bond motifs is 1. The van der Waals surface area contributed by atoms with Gasteiger partial charge in [-0.05, 0) is 19.8 Å². The molecule has 0 aliphatic carbocycles. The Bertz CT molecular complexity index is 523. The molecule has 0 saturated carbocycles. The van der Waals surface area contributed by atoms with Gasteiger partial charge in [0, 0.05) is 57.4 Å². The van der Waals surface area contributed by atoms with E-state index in [-0.39, 0.29) is 17.7 Å². The zero-order valence-corrected chi connectivity index (χ0v) is 13.5. The van der Waals surface area contributed by atoms with Crippen molar-refractivity contribution in [2.24, 2.45) is 5.92 Å². The predicted molar refractivity (Wildman–Crippen MR) is 81.5 cm³/mol. The Balaban J connectivity index is 1.79. The fourth-order valence-electron chi connectivity index (χ4n) is 3.61. The number of methoxy groups -OCH3 is 1. The molecular weight excluding hydrogens is 282 g/mol. The van der Waals surface area contributed by atoms with Gasteiger partial charge in [0.2, 0.25) is 5.91 Å². The molecule has 3 heterocycles. The third kappa shape index (κ3) is 2.90. The van der Waals surface area contributed by atoms with Gasteiger partial charge < -0.3 is 14.4 Å². The molecule has 2 aliphatic heterocycles. The molecule has 1 atom stereocenters. The molecule has 0 bridgehead atoms. The third-order valence-corrected chi connectivity index (χ3v) is 4.70. The molecule has 6 nitrogen and oxygen atoms in total. The Labute approximate surface area is 131 Å². The van der Waals surface area contributed by atoms with Crippen LogP contribution >= 0.6 is 0 Å². The van der Waals surface area contributed by atoms with Crippen molar-refractivity contribution in [3.8, 4) is 0 Å². The van der Waals surface area contributed by atoms with E-state index in [4.69, 9.17) is 9.47 Å². The van der Waals surface area contributed by atoms with Crippen LogP contribution in [0.2, 0.25) is 0 Å². The molecule has 122 valence electrons. The number of carbonyl (C=O) groups is 1. The number of aryl methyl sites for hydroxylation is 1. The summed E-state index contributed by atoms with van der Waals surface area (Å²) in [7, 11) is 1.71. The first-order chi connectivity index (χ1) is 10.7. The summed E-state index contributed by atoms with van der Waals surface area (Å²) in [4.78, 5) is 14.8. The van der Waals surface area contributed by atoms with E-state index in [1.165, 1.54) is 5.69 Å². The van der Waals surface area contributed by atoms with Crippen molar-refractivity contribution >= 4 is 5.91 Å². The van der Waals surface area contributed by atoms with E-state index in [0.717, 1.165) is 31.5 Å². The summed E-state index contributed by atoms with van der Waals surface area (Å²) < 4.78 is 12.8. The Hall–Kier alpha value is -1.40. The largest absolute Gasteiger partial charge is 0.384 e. The zero-order valence-electron chi connectivity index (χ0n) is 13.5. The van der Waals surface area contributed by atoms with Crippen LogP contribution in [0.3, 0.4) is 0 Å². The maximum atomic E-state index is 12.8. The SMILES string of the molecule is CCn1ncc2c1[C@H](COC)CN(C(=O)C1CCOCC1)C2. The lowest BCUT2D eigenvalue weighted by Crippen LogP contribution is -2.44. The Kier molecular flexibility index (Phi) is 4.78. The number of nitrogens with zero attached hydrogens (tertiary/aromatic N) is 3. The quantitative estimate of drug-likeness (QED) is 0.844. The van der Waals surface area contributed by atoms with Crippen LogP contribution in [0.4, 0.5) is 0 Å². The van der Waals surface area contributed by atoms with Crippen molar-refractivity contribution in [2.45, 2.75) is 38.8 Å². The minimum absolute atomic E-state index is 0.111. The molecule has 1 fully saturated rings. The highest BCUT2D eigenvalue weighted by molar-refractivity contribution is 5.79. The van der Waals surface area contributed by atoms with E-state index < -0.39 is 0 Å². The number of hydrogen-bond donors (Lipinski definition) is 0. The fourth-order valence-corrected chi connectivity index (χ4v) is 3.61. The first-order valence-corrected chi connectivity index (χ1v) is 8.14. The van der Waals surface area contributed by atoms with E-state index in [0.29, 0.717) is 26.4 Å². The van der Waals surface area contributed by atoms with Gasteiger partial charge in [-0.1, -0.05) is 0 Å². The summed E-state index contributed by atoms with van der Waals surface area (Å²) in [6.07, 6.45) is 3.58. The van der Waals surface area contributed by atoms with E-state index in [9.17, 15) is 4.79 Å². The monoisotopic (exact) mass is 307 g/mol. The molecule has 2 aliphatic rings. The van der Waals surface area contributed by atoms with Crippen LogP contribution in [-0.2, 0) is 27.4 Å². The van der Waals surface area contributed by atoms with Gasteiger partial charge in [0.15, 0.2) is 0 Å². The van der Waals surface area contributed by atoms with E-state index in [1.807, 2.05) is 15.8 Å². The van der Waals surface area contributed by atoms with Crippen molar-refractivity contribution in [1.82, 2.24) is 14.7 Å². The lowest BCUT2D eigenvalue weighted by Gasteiger charge is -2.36. The summed E-state index contributed by atoms with van der Waals surface area (Å²) in [6, 6.07) is 0. The normalized spacial score (nSPS) is 22.6. The van der Waals surface area contributed by atoms with Gasteiger partial charge in [0.05, 0.1) is 18.5 Å². The molecule has 1 aromatic heterocycles. The summed E-state index contributed by atoms with van der Waals surface area (Å²) in [5.41, 5.74) is 2.40. The highest BCUT2D eigenvalue weighted by Gasteiger charge is 2.34. The molecule has 0 N–H and O–H groups in total. The molecular formula is C16H25N3O3. The highest BCUT2D eigenvalue weighted by Crippen LogP contribution is 2.30. The molecule has 22 heavy (non-hydrogen) atoms. The van der Waals surface area contributed by atoms with Crippen LogP contribution < -0.4 is 0 Å². The van der Waals surface area contributed by atoms with Crippen LogP contribution in [0, 0.1) is 5.92 Å². The Morgan fingerprint density at radius 3 is 2.91 bits per heavy atom. The summed E-state index contributed by atoms with van der Waals surface area (Å²) in [5.74, 6) is 0.582. The molecule has 0 spiro atoms. The first-order valence-electron chi connectivity index (χ1n) is 8.14. The minimum Gasteiger partial charge on any atom is -0.384 e. The first kappa shape index (κ1) is 15.5. The maximum absolute atomic E-state index is 12.8. The molecule has 1 saturated heterocycles. The third-order valence-electron chi connectivity index (χ3n) is 4.70. The molecule has 0 aromatic carbocycles. The summed E-state index contributed by atoms with van der Waals surface area (Å²) in [6.45, 7) is 6.36. The van der Waals surface area contributed by atoms with Gasteiger partial charge in [-0.15, -0.1) is 0 Å². The maximum Gasteiger partial charge on any atom is 0.226 e. The number of amides is 1. The average molecular weight is 307 g/mol. The van der Waals surface area contributed by atoms with Crippen molar-refractivity contribution in [3.63, 3.8) is 0 Å². The molecule has 1 amide bonds. The van der Waals surface area contributed by atoms with Crippen LogP contribution in [0.25, 0.3) is 0 Å². The topological polar surface area (TPSA) is 56.6 Å². The highest BCUT2D eigenvalue weighted by atomic mass is 16.5. The van der Waals surface area contributed by atoms with Crippen molar-refractivity contribution in [1.29, 1.82) is 0 Å².